The molecule has 5 rings (SSSR count). The van der Waals surface area contributed by atoms with Crippen molar-refractivity contribution in [1.29, 1.82) is 0 Å². The van der Waals surface area contributed by atoms with Gasteiger partial charge in [0, 0.05) is 61.3 Å². The highest BCUT2D eigenvalue weighted by molar-refractivity contribution is 5.99. The number of benzene rings is 2. The summed E-state index contributed by atoms with van der Waals surface area (Å²) < 4.78 is 57.8. The quantitative estimate of drug-likeness (QED) is 0.331. The Kier molecular flexibility index (Phi) is 6.72. The predicted octanol–water partition coefficient (Wildman–Crippen LogP) is 5.17. The lowest BCUT2D eigenvalue weighted by atomic mass is 10.0. The first-order chi connectivity index (χ1) is 17.7. The minimum absolute atomic E-state index is 0.132. The van der Waals surface area contributed by atoms with Crippen LogP contribution in [-0.2, 0) is 13.6 Å². The summed E-state index contributed by atoms with van der Waals surface area (Å²) in [4.78, 5) is 4.19. The van der Waals surface area contributed by atoms with Crippen molar-refractivity contribution in [3.8, 4) is 17.1 Å². The molecule has 0 spiro atoms. The Morgan fingerprint density at radius 2 is 1.76 bits per heavy atom. The number of nitrogens with zero attached hydrogens (tertiary/aromatic N) is 6. The zero-order chi connectivity index (χ0) is 26.2. The largest absolute Gasteiger partial charge is 0.573 e. The number of aromatic nitrogens is 4. The Bertz CT molecular complexity index is 1400. The molecule has 4 aromatic rings. The fourth-order valence-electron chi connectivity index (χ4n) is 4.91. The number of hydrogen-bond donors (Lipinski definition) is 0. The lowest BCUT2D eigenvalue weighted by Gasteiger charge is -2.37. The Morgan fingerprint density at radius 3 is 2.43 bits per heavy atom. The number of fused-ring (bicyclic) bond motifs is 1. The second kappa shape index (κ2) is 9.97. The van der Waals surface area contributed by atoms with Crippen molar-refractivity contribution in [1.82, 2.24) is 24.9 Å². The monoisotopic (exact) mass is 514 g/mol. The van der Waals surface area contributed by atoms with E-state index in [2.05, 4.69) is 24.9 Å². The molecule has 11 heteroatoms. The maximum atomic E-state index is 13.6. The van der Waals surface area contributed by atoms with Gasteiger partial charge in [-0.15, -0.1) is 23.4 Å². The molecule has 0 radical (unpaired) electrons. The first-order valence-electron chi connectivity index (χ1n) is 11.9. The lowest BCUT2D eigenvalue weighted by molar-refractivity contribution is -0.275. The number of alkyl halides is 3. The van der Waals surface area contributed by atoms with Crippen molar-refractivity contribution in [2.45, 2.75) is 31.8 Å². The van der Waals surface area contributed by atoms with Gasteiger partial charge in [-0.3, -0.25) is 9.58 Å². The molecule has 0 aliphatic carbocycles. The summed E-state index contributed by atoms with van der Waals surface area (Å²) >= 11 is 0. The molecular weight excluding hydrogens is 488 g/mol. The Labute approximate surface area is 211 Å². The molecule has 7 nitrogen and oxygen atoms in total. The maximum Gasteiger partial charge on any atom is 0.573 e. The van der Waals surface area contributed by atoms with Crippen LogP contribution in [0.15, 0.2) is 54.7 Å². The van der Waals surface area contributed by atoms with Crippen LogP contribution in [0.2, 0.25) is 0 Å². The van der Waals surface area contributed by atoms with Gasteiger partial charge in [0.25, 0.3) is 0 Å². The van der Waals surface area contributed by atoms with Crippen LogP contribution in [-0.4, -0.2) is 57.4 Å². The number of anilines is 1. The van der Waals surface area contributed by atoms with E-state index in [1.807, 2.05) is 49.3 Å². The first kappa shape index (κ1) is 24.9. The van der Waals surface area contributed by atoms with E-state index in [4.69, 9.17) is 0 Å². The van der Waals surface area contributed by atoms with Gasteiger partial charge in [0.2, 0.25) is 0 Å². The topological polar surface area (TPSA) is 59.3 Å². The van der Waals surface area contributed by atoms with E-state index in [0.29, 0.717) is 13.1 Å². The number of aryl methyl sites for hydroxylation is 1. The minimum atomic E-state index is -4.89. The third kappa shape index (κ3) is 5.36. The highest BCUT2D eigenvalue weighted by Gasteiger charge is 2.33. The molecule has 2 aromatic carbocycles. The number of piperidine rings is 1. The summed E-state index contributed by atoms with van der Waals surface area (Å²) in [5, 5.41) is 15.4. The minimum Gasteiger partial charge on any atom is -0.405 e. The molecular formula is C26H26F4N6O. The molecule has 194 valence electrons. The standard InChI is InChI=1S/C26H26F4N6O/c1-34(16-17-7-8-18(27)15-23(17)37-26(28,29)30)19-10-13-36(14-11-19)25-21-6-4-3-5-20(21)24(32-33-25)22-9-12-31-35(22)2/h3-9,12,15,19H,10-11,13-14,16H2,1-2H3. The summed E-state index contributed by atoms with van der Waals surface area (Å²) in [5.74, 6) is -0.476. The highest BCUT2D eigenvalue weighted by Crippen LogP contribution is 2.33. The lowest BCUT2D eigenvalue weighted by Crippen LogP contribution is -2.43. The van der Waals surface area contributed by atoms with Gasteiger partial charge in [0.05, 0.1) is 5.69 Å². The third-order valence-electron chi connectivity index (χ3n) is 6.79. The van der Waals surface area contributed by atoms with Gasteiger partial charge >= 0.3 is 6.36 Å². The normalized spacial score (nSPS) is 15.1. The molecule has 0 unspecified atom stereocenters. The predicted molar refractivity (Wildman–Crippen MR) is 132 cm³/mol. The second-order valence-corrected chi connectivity index (χ2v) is 9.19. The van der Waals surface area contributed by atoms with Gasteiger partial charge in [-0.1, -0.05) is 30.3 Å². The molecule has 1 aliphatic heterocycles. The molecule has 0 saturated carbocycles. The summed E-state index contributed by atoms with van der Waals surface area (Å²) in [6.07, 6.45) is -1.59. The van der Waals surface area contributed by atoms with Crippen LogP contribution in [0.25, 0.3) is 22.2 Å². The van der Waals surface area contributed by atoms with Crippen molar-refractivity contribution in [2.75, 3.05) is 25.0 Å². The van der Waals surface area contributed by atoms with Crippen LogP contribution in [0, 0.1) is 5.82 Å². The average molecular weight is 515 g/mol. The second-order valence-electron chi connectivity index (χ2n) is 9.19. The maximum absolute atomic E-state index is 13.6. The Hall–Kier alpha value is -3.73. The smallest absolute Gasteiger partial charge is 0.405 e. The van der Waals surface area contributed by atoms with Crippen LogP contribution < -0.4 is 9.64 Å². The Morgan fingerprint density at radius 1 is 1.03 bits per heavy atom. The van der Waals surface area contributed by atoms with Crippen LogP contribution in [0.3, 0.4) is 0 Å². The number of hydrogen-bond acceptors (Lipinski definition) is 6. The summed E-state index contributed by atoms with van der Waals surface area (Å²) in [7, 11) is 3.73. The molecule has 3 heterocycles. The number of rotatable bonds is 6. The van der Waals surface area contributed by atoms with Crippen LogP contribution >= 0.6 is 0 Å². The first-order valence-corrected chi connectivity index (χ1v) is 11.9. The SMILES string of the molecule is CN(Cc1ccc(F)cc1OC(F)(F)F)C1CCN(c2nnc(-c3ccnn3C)c3ccccc23)CC1. The zero-order valence-electron chi connectivity index (χ0n) is 20.4. The van der Waals surface area contributed by atoms with E-state index in [1.165, 1.54) is 6.07 Å². The van der Waals surface area contributed by atoms with Gasteiger partial charge < -0.3 is 9.64 Å². The average Bonchev–Trinajstić information content (AvgIpc) is 3.29. The van der Waals surface area contributed by atoms with E-state index in [1.54, 1.807) is 10.9 Å². The van der Waals surface area contributed by atoms with Crippen molar-refractivity contribution >= 4 is 16.6 Å². The highest BCUT2D eigenvalue weighted by atomic mass is 19.4. The van der Waals surface area contributed by atoms with E-state index in [0.717, 1.165) is 53.0 Å². The summed E-state index contributed by atoms with van der Waals surface area (Å²) in [6.45, 7) is 1.64. The van der Waals surface area contributed by atoms with E-state index in [-0.39, 0.29) is 18.2 Å². The summed E-state index contributed by atoms with van der Waals surface area (Å²) in [5.41, 5.74) is 1.93. The zero-order valence-corrected chi connectivity index (χ0v) is 20.4. The van der Waals surface area contributed by atoms with Gasteiger partial charge in [-0.2, -0.15) is 5.10 Å². The molecule has 1 fully saturated rings. The fraction of sp³-hybridized carbons (Fsp3) is 0.346. The third-order valence-corrected chi connectivity index (χ3v) is 6.79. The molecule has 0 amide bonds. The van der Waals surface area contributed by atoms with Crippen molar-refractivity contribution < 1.29 is 22.3 Å². The van der Waals surface area contributed by atoms with Gasteiger partial charge in [-0.05, 0) is 32.0 Å². The molecule has 1 aliphatic rings. The van der Waals surface area contributed by atoms with Crippen LogP contribution in [0.5, 0.6) is 5.75 Å². The summed E-state index contributed by atoms with van der Waals surface area (Å²) in [6, 6.07) is 13.3. The fourth-order valence-corrected chi connectivity index (χ4v) is 4.91. The van der Waals surface area contributed by atoms with Gasteiger partial charge in [0.1, 0.15) is 17.3 Å². The van der Waals surface area contributed by atoms with Crippen molar-refractivity contribution in [3.63, 3.8) is 0 Å². The van der Waals surface area contributed by atoms with Crippen LogP contribution in [0.4, 0.5) is 23.4 Å². The number of ether oxygens (including phenoxy) is 1. The molecule has 0 atom stereocenters. The van der Waals surface area contributed by atoms with Gasteiger partial charge in [0.15, 0.2) is 5.82 Å². The Balaban J connectivity index is 1.31. The van der Waals surface area contributed by atoms with Crippen molar-refractivity contribution in [3.05, 3.63) is 66.1 Å². The molecule has 1 saturated heterocycles. The van der Waals surface area contributed by atoms with E-state index >= 15 is 0 Å². The van der Waals surface area contributed by atoms with E-state index in [9.17, 15) is 17.6 Å². The molecule has 2 aromatic heterocycles. The molecule has 0 N–H and O–H groups in total. The number of halogens is 4. The van der Waals surface area contributed by atoms with E-state index < -0.39 is 17.9 Å². The molecule has 0 bridgehead atoms. The van der Waals surface area contributed by atoms with Crippen LogP contribution in [0.1, 0.15) is 18.4 Å². The van der Waals surface area contributed by atoms with Crippen molar-refractivity contribution in [2.24, 2.45) is 7.05 Å². The van der Waals surface area contributed by atoms with Gasteiger partial charge in [-0.25, -0.2) is 4.39 Å². The molecule has 37 heavy (non-hydrogen) atoms.